The summed E-state index contributed by atoms with van der Waals surface area (Å²) in [6.45, 7) is 5.19. The SMILES string of the molecule is C=CS(=O)(=O)N(C)c1c2c(c(OC(c3ccccc3)c3ccccc3)c3ncccc13)C(=O)N(Cc1ccc(F)cc1)C2.CN(C)CCS(=O)(=O)N(C)c1c2c(c(O)c3ncccc13)C(=O)N(Cc1ccc(F)cc1)C2.CNc1c2c(c(OC(c3ccccc3)c3ccccc3)c3ncccc13)C(=O)N(Cc1ccc(F)cc1)C2. The zero-order valence-electron chi connectivity index (χ0n) is 62.9. The third-order valence-corrected chi connectivity index (χ3v) is 23.4. The summed E-state index contributed by atoms with van der Waals surface area (Å²) in [7, 11) is 0.675. The molecular formula is C89H79F3N10O10S2. The maximum atomic E-state index is 14.2. The number of phenols is 1. The number of fused-ring (bicyclic) bond motifs is 6. The fourth-order valence-electron chi connectivity index (χ4n) is 14.6. The lowest BCUT2D eigenvalue weighted by atomic mass is 9.99. The Labute approximate surface area is 658 Å². The minimum absolute atomic E-state index is 0.0490. The van der Waals surface area contributed by atoms with Crippen molar-refractivity contribution in [3.8, 4) is 17.2 Å². The van der Waals surface area contributed by atoms with Gasteiger partial charge in [-0.3, -0.25) is 37.9 Å². The lowest BCUT2D eigenvalue weighted by molar-refractivity contribution is 0.0755. The number of benzene rings is 10. The molecule has 0 spiro atoms. The summed E-state index contributed by atoms with van der Waals surface area (Å²) in [4.78, 5) is 61.6. The molecule has 10 aromatic carbocycles. The van der Waals surface area contributed by atoms with Crippen molar-refractivity contribution in [2.75, 3.05) is 61.5 Å². The molecule has 3 aliphatic heterocycles. The number of sulfonamides is 2. The van der Waals surface area contributed by atoms with Gasteiger partial charge in [-0.2, -0.15) is 0 Å². The van der Waals surface area contributed by atoms with Crippen LogP contribution in [0, 0.1) is 17.5 Å². The van der Waals surface area contributed by atoms with E-state index in [0.29, 0.717) is 80.8 Å². The van der Waals surface area contributed by atoms with Crippen molar-refractivity contribution < 1.29 is 59.0 Å². The fourth-order valence-corrected chi connectivity index (χ4v) is 16.7. The van der Waals surface area contributed by atoms with E-state index in [9.17, 15) is 49.5 Å². The number of aromatic nitrogens is 3. The maximum Gasteiger partial charge on any atom is 0.258 e. The predicted molar refractivity (Wildman–Crippen MR) is 435 cm³/mol. The van der Waals surface area contributed by atoms with Gasteiger partial charge in [0.25, 0.3) is 27.7 Å². The van der Waals surface area contributed by atoms with Crippen molar-refractivity contribution >= 4 is 87.5 Å². The van der Waals surface area contributed by atoms with E-state index in [1.807, 2.05) is 141 Å². The minimum Gasteiger partial charge on any atom is -0.505 e. The standard InChI is InChI=1S/C34H28FN3O4S.C32H26FN3O2.C23H25FN4O4S/c1-3-43(40,41)37(2)31-27-15-10-20-36-30(27)33(42-32(24-11-6-4-7-12-24)25-13-8-5-9-14-25)29-28(31)22-38(34(29)39)21-23-16-18-26(35)19-17-23;1-34-28-25-13-8-18-35-29(25)31(38-30(22-9-4-2-5-10-22)23-11-6-3-7-12-23)27-26(28)20-36(32(27)37)19-21-14-16-24(33)17-15-21;1-26(2)11-12-33(31,32)27(3)21-17-5-4-10-25-20(17)22(29)19-18(21)14-28(23(19)30)13-15-6-8-16(24)9-7-15/h3-20,32H,1,21-22H2,2H3;2-18,30,34H,19-20H2,1H3;4-10,29H,11-14H2,1-3H3. The van der Waals surface area contributed by atoms with Gasteiger partial charge in [-0.05, 0) is 126 Å². The fraction of sp³-hybridized carbons (Fsp3) is 0.169. The van der Waals surface area contributed by atoms with Crippen molar-refractivity contribution in [1.82, 2.24) is 34.6 Å². The largest absolute Gasteiger partial charge is 0.505 e. The van der Waals surface area contributed by atoms with Gasteiger partial charge in [-0.25, -0.2) is 30.0 Å². The second-order valence-electron chi connectivity index (χ2n) is 27.9. The number of carbonyl (C=O) groups excluding carboxylic acids is 3. The van der Waals surface area contributed by atoms with Crippen LogP contribution in [0.1, 0.15) is 98.9 Å². The van der Waals surface area contributed by atoms with Crippen LogP contribution >= 0.6 is 0 Å². The summed E-state index contributed by atoms with van der Waals surface area (Å²) in [5, 5.41) is 16.9. The summed E-state index contributed by atoms with van der Waals surface area (Å²) >= 11 is 0. The highest BCUT2D eigenvalue weighted by Crippen LogP contribution is 2.50. The molecule has 16 rings (SSSR count). The summed E-state index contributed by atoms with van der Waals surface area (Å²) in [6.07, 6.45) is 3.76. The topological polar surface area (TPSA) is 228 Å². The molecule has 3 amide bonds. The number of amides is 3. The Morgan fingerprint density at radius 2 is 0.807 bits per heavy atom. The predicted octanol–water partition coefficient (Wildman–Crippen LogP) is 15.9. The lowest BCUT2D eigenvalue weighted by Gasteiger charge is -2.26. The first-order chi connectivity index (χ1) is 55.0. The van der Waals surface area contributed by atoms with Crippen molar-refractivity contribution in [3.63, 3.8) is 0 Å². The maximum absolute atomic E-state index is 14.2. The Balaban J connectivity index is 0.000000143. The van der Waals surface area contributed by atoms with E-state index in [1.165, 1.54) is 65.9 Å². The number of anilines is 3. The van der Waals surface area contributed by atoms with Crippen LogP contribution in [-0.4, -0.2) is 122 Å². The van der Waals surface area contributed by atoms with Gasteiger partial charge >= 0.3 is 0 Å². The monoisotopic (exact) mass is 1570 g/mol. The molecule has 0 aliphatic carbocycles. The van der Waals surface area contributed by atoms with Crippen LogP contribution in [0.3, 0.4) is 0 Å². The quantitative estimate of drug-likeness (QED) is 0.0607. The Morgan fingerprint density at radius 3 is 1.20 bits per heavy atom. The van der Waals surface area contributed by atoms with Gasteiger partial charge < -0.3 is 39.5 Å². The van der Waals surface area contributed by atoms with Gasteiger partial charge in [0.15, 0.2) is 17.2 Å². The van der Waals surface area contributed by atoms with Crippen LogP contribution in [0.15, 0.2) is 261 Å². The second-order valence-corrected chi connectivity index (χ2v) is 31.9. The highest BCUT2D eigenvalue weighted by atomic mass is 32.2. The summed E-state index contributed by atoms with van der Waals surface area (Å²) in [5.74, 6) is -1.60. The van der Waals surface area contributed by atoms with E-state index in [4.69, 9.17) is 9.47 Å². The van der Waals surface area contributed by atoms with E-state index < -0.39 is 38.2 Å². The second kappa shape index (κ2) is 33.1. The van der Waals surface area contributed by atoms with Gasteiger partial charge in [0.2, 0.25) is 10.0 Å². The highest BCUT2D eigenvalue weighted by molar-refractivity contribution is 7.95. The molecule has 0 bridgehead atoms. The number of halogens is 3. The molecule has 3 aromatic heterocycles. The molecule has 25 heteroatoms. The molecule has 0 saturated carbocycles. The third kappa shape index (κ3) is 15.9. The van der Waals surface area contributed by atoms with Crippen LogP contribution in [0.2, 0.25) is 0 Å². The van der Waals surface area contributed by atoms with Crippen LogP contribution in [-0.2, 0) is 59.3 Å². The molecule has 0 unspecified atom stereocenters. The van der Waals surface area contributed by atoms with Gasteiger partial charge in [0.05, 0.1) is 33.8 Å². The number of rotatable bonds is 23. The van der Waals surface area contributed by atoms with Gasteiger partial charge in [-0.15, -0.1) is 0 Å². The van der Waals surface area contributed by atoms with Crippen molar-refractivity contribution in [1.29, 1.82) is 0 Å². The number of nitrogens with zero attached hydrogens (tertiary/aromatic N) is 9. The summed E-state index contributed by atoms with van der Waals surface area (Å²) in [6, 6.07) is 68.0. The summed E-state index contributed by atoms with van der Waals surface area (Å²) in [5.41, 5.74) is 11.3. The normalized spacial score (nSPS) is 13.1. The first-order valence-corrected chi connectivity index (χ1v) is 39.7. The Kier molecular flexibility index (Phi) is 22.6. The smallest absolute Gasteiger partial charge is 0.258 e. The van der Waals surface area contributed by atoms with Gasteiger partial charge in [0, 0.05) is 129 Å². The van der Waals surface area contributed by atoms with Crippen LogP contribution in [0.4, 0.5) is 30.2 Å². The van der Waals surface area contributed by atoms with E-state index in [2.05, 4.69) is 26.8 Å². The third-order valence-electron chi connectivity index (χ3n) is 20.3. The molecule has 114 heavy (non-hydrogen) atoms. The highest BCUT2D eigenvalue weighted by Gasteiger charge is 2.42. The average molecular weight is 1570 g/mol. The molecule has 578 valence electrons. The average Bonchev–Trinajstić information content (AvgIpc) is 1.53. The molecule has 3 aliphatic rings. The molecule has 13 aromatic rings. The number of nitrogens with one attached hydrogen (secondary N) is 1. The van der Waals surface area contributed by atoms with E-state index in [0.717, 1.165) is 59.7 Å². The number of pyridine rings is 3. The molecule has 0 fully saturated rings. The Bertz CT molecular complexity index is 5950. The Morgan fingerprint density at radius 1 is 0.465 bits per heavy atom. The molecule has 0 radical (unpaired) electrons. The Hall–Kier alpha value is -13.0. The van der Waals surface area contributed by atoms with E-state index in [1.54, 1.807) is 102 Å². The zero-order chi connectivity index (χ0) is 80.1. The van der Waals surface area contributed by atoms with Crippen molar-refractivity contribution in [3.05, 3.63) is 351 Å². The number of aromatic hydroxyl groups is 1. The molecule has 0 atom stereocenters. The number of ether oxygens (including phenoxy) is 2. The summed E-state index contributed by atoms with van der Waals surface area (Å²) < 4.78 is 109. The number of carbonyl (C=O) groups is 3. The lowest BCUT2D eigenvalue weighted by Crippen LogP contribution is -2.34. The molecular weight excluding hydrogens is 1490 g/mol. The van der Waals surface area contributed by atoms with Gasteiger partial charge in [-0.1, -0.05) is 164 Å². The number of hydrogen-bond acceptors (Lipinski definition) is 15. The molecule has 0 saturated heterocycles. The van der Waals surface area contributed by atoms with Crippen LogP contribution in [0.25, 0.3) is 32.7 Å². The van der Waals surface area contributed by atoms with Crippen molar-refractivity contribution in [2.45, 2.75) is 51.5 Å². The zero-order valence-corrected chi connectivity index (χ0v) is 64.5. The minimum atomic E-state index is -3.93. The first-order valence-electron chi connectivity index (χ1n) is 36.6. The molecule has 20 nitrogen and oxygen atoms in total. The van der Waals surface area contributed by atoms with Crippen molar-refractivity contribution in [2.24, 2.45) is 0 Å². The van der Waals surface area contributed by atoms with E-state index >= 15 is 0 Å². The molecule has 2 N–H and O–H groups in total. The number of hydrogen-bond donors (Lipinski definition) is 2. The van der Waals surface area contributed by atoms with Crippen LogP contribution in [0.5, 0.6) is 17.2 Å². The van der Waals surface area contributed by atoms with Gasteiger partial charge in [0.1, 0.15) is 46.2 Å². The first kappa shape index (κ1) is 77.7. The van der Waals surface area contributed by atoms with E-state index in [-0.39, 0.29) is 89.3 Å². The molecule has 6 heterocycles. The number of phenolic OH excluding ortho intramolecular Hbond substituents is 1. The van der Waals surface area contributed by atoms with Crippen LogP contribution < -0.4 is 23.4 Å².